The molecule has 1 aromatic rings. The smallest absolute Gasteiger partial charge is 0.212 e. The van der Waals surface area contributed by atoms with Crippen LogP contribution in [-0.4, -0.2) is 35.4 Å². The molecule has 0 saturated heterocycles. The molecule has 0 spiro atoms. The van der Waals surface area contributed by atoms with E-state index in [1.54, 1.807) is 18.2 Å². The maximum atomic E-state index is 11.7. The van der Waals surface area contributed by atoms with Crippen molar-refractivity contribution in [3.05, 3.63) is 30.3 Å². The fourth-order valence-corrected chi connectivity index (χ4v) is 3.83. The first kappa shape index (κ1) is 13.1. The summed E-state index contributed by atoms with van der Waals surface area (Å²) in [5.74, 6) is -0.846. The summed E-state index contributed by atoms with van der Waals surface area (Å²) in [6.07, 6.45) is 0. The molecular formula is C9H13NO4S2. The zero-order valence-corrected chi connectivity index (χ0v) is 10.4. The quantitative estimate of drug-likeness (QED) is 0.811. The van der Waals surface area contributed by atoms with Gasteiger partial charge >= 0.3 is 0 Å². The third-order valence-electron chi connectivity index (χ3n) is 2.03. The summed E-state index contributed by atoms with van der Waals surface area (Å²) >= 11 is 0. The standard InChI is InChI=1S/C9H13NO4S2/c1-10-16(13,14)8-7-15(11,12)9-5-3-2-4-6-9/h2-6,10H,7-8H2,1H3. The van der Waals surface area contributed by atoms with Crippen molar-refractivity contribution in [3.63, 3.8) is 0 Å². The van der Waals surface area contributed by atoms with Crippen LogP contribution in [0.1, 0.15) is 0 Å². The Hall–Kier alpha value is -0.920. The Morgan fingerprint density at radius 3 is 2.06 bits per heavy atom. The molecule has 0 aliphatic carbocycles. The van der Waals surface area contributed by atoms with E-state index in [-0.39, 0.29) is 4.90 Å². The lowest BCUT2D eigenvalue weighted by Gasteiger charge is -2.04. The van der Waals surface area contributed by atoms with Crippen LogP contribution in [0.4, 0.5) is 0 Å². The van der Waals surface area contributed by atoms with E-state index < -0.39 is 31.4 Å². The van der Waals surface area contributed by atoms with E-state index in [1.807, 2.05) is 0 Å². The summed E-state index contributed by atoms with van der Waals surface area (Å²) in [5, 5.41) is 0. The van der Waals surface area contributed by atoms with Gasteiger partial charge < -0.3 is 0 Å². The van der Waals surface area contributed by atoms with E-state index in [0.717, 1.165) is 0 Å². The number of sulfonamides is 1. The van der Waals surface area contributed by atoms with Crippen LogP contribution in [0, 0.1) is 0 Å². The molecule has 0 heterocycles. The Balaban J connectivity index is 2.83. The summed E-state index contributed by atoms with van der Waals surface area (Å²) in [4.78, 5) is 0.140. The fourth-order valence-electron chi connectivity index (χ4n) is 1.07. The van der Waals surface area contributed by atoms with Gasteiger partial charge in [-0.1, -0.05) is 18.2 Å². The van der Waals surface area contributed by atoms with Gasteiger partial charge in [0.2, 0.25) is 10.0 Å². The molecule has 90 valence electrons. The largest absolute Gasteiger partial charge is 0.224 e. The second-order valence-electron chi connectivity index (χ2n) is 3.15. The molecule has 0 aromatic heterocycles. The topological polar surface area (TPSA) is 80.3 Å². The molecule has 7 heteroatoms. The van der Waals surface area contributed by atoms with Crippen LogP contribution < -0.4 is 4.72 Å². The highest BCUT2D eigenvalue weighted by Gasteiger charge is 2.18. The van der Waals surface area contributed by atoms with E-state index in [4.69, 9.17) is 0 Å². The van der Waals surface area contributed by atoms with Gasteiger partial charge in [0.25, 0.3) is 0 Å². The van der Waals surface area contributed by atoms with Crippen LogP contribution in [0.25, 0.3) is 0 Å². The maximum absolute atomic E-state index is 11.7. The molecule has 0 radical (unpaired) electrons. The van der Waals surface area contributed by atoms with Crippen LogP contribution in [0.15, 0.2) is 35.2 Å². The first-order valence-corrected chi connectivity index (χ1v) is 7.87. The van der Waals surface area contributed by atoms with Crippen molar-refractivity contribution in [3.8, 4) is 0 Å². The van der Waals surface area contributed by atoms with Gasteiger partial charge in [0, 0.05) is 0 Å². The first-order chi connectivity index (χ1) is 7.37. The summed E-state index contributed by atoms with van der Waals surface area (Å²) < 4.78 is 47.7. The number of benzene rings is 1. The first-order valence-electron chi connectivity index (χ1n) is 4.56. The number of rotatable bonds is 5. The van der Waals surface area contributed by atoms with E-state index in [9.17, 15) is 16.8 Å². The van der Waals surface area contributed by atoms with Gasteiger partial charge in [0.1, 0.15) is 0 Å². The Morgan fingerprint density at radius 2 is 1.56 bits per heavy atom. The van der Waals surface area contributed by atoms with Crippen LogP contribution >= 0.6 is 0 Å². The third-order valence-corrected chi connectivity index (χ3v) is 5.39. The van der Waals surface area contributed by atoms with Gasteiger partial charge in [0.05, 0.1) is 16.4 Å². The van der Waals surface area contributed by atoms with Gasteiger partial charge in [-0.25, -0.2) is 21.6 Å². The number of hydrogen-bond donors (Lipinski definition) is 1. The average Bonchev–Trinajstić information content (AvgIpc) is 2.28. The predicted molar refractivity (Wildman–Crippen MR) is 61.3 cm³/mol. The minimum absolute atomic E-state index is 0.140. The molecule has 1 rings (SSSR count). The second kappa shape index (κ2) is 4.94. The normalized spacial score (nSPS) is 12.6. The van der Waals surface area contributed by atoms with Gasteiger partial charge in [-0.05, 0) is 19.2 Å². The number of sulfone groups is 1. The van der Waals surface area contributed by atoms with Crippen LogP contribution in [0.2, 0.25) is 0 Å². The van der Waals surface area contributed by atoms with Gasteiger partial charge in [0.15, 0.2) is 9.84 Å². The molecule has 0 bridgehead atoms. The molecule has 5 nitrogen and oxygen atoms in total. The molecule has 0 aliphatic rings. The highest BCUT2D eigenvalue weighted by molar-refractivity contribution is 7.94. The second-order valence-corrected chi connectivity index (χ2v) is 7.31. The predicted octanol–water partition coefficient (Wildman–Crippen LogP) is 0.00950. The van der Waals surface area contributed by atoms with Crippen LogP contribution in [0.3, 0.4) is 0 Å². The highest BCUT2D eigenvalue weighted by Crippen LogP contribution is 2.10. The van der Waals surface area contributed by atoms with Crippen molar-refractivity contribution in [1.82, 2.24) is 4.72 Å². The lowest BCUT2D eigenvalue weighted by molar-refractivity contribution is 0.583. The summed E-state index contributed by atoms with van der Waals surface area (Å²) in [5.41, 5.74) is 0. The Kier molecular flexibility index (Phi) is 4.06. The van der Waals surface area contributed by atoms with Gasteiger partial charge in [-0.15, -0.1) is 0 Å². The molecule has 0 aliphatic heterocycles. The van der Waals surface area contributed by atoms with Crippen LogP contribution in [-0.2, 0) is 19.9 Å². The number of nitrogens with one attached hydrogen (secondary N) is 1. The van der Waals surface area contributed by atoms with Crippen molar-refractivity contribution in [2.45, 2.75) is 4.90 Å². The van der Waals surface area contributed by atoms with Gasteiger partial charge in [-0.3, -0.25) is 0 Å². The Bertz CT molecular complexity index is 534. The SMILES string of the molecule is CNS(=O)(=O)CCS(=O)(=O)c1ccccc1. The third kappa shape index (κ3) is 3.58. The lowest BCUT2D eigenvalue weighted by Crippen LogP contribution is -2.26. The minimum atomic E-state index is -3.52. The van der Waals surface area contributed by atoms with E-state index in [1.165, 1.54) is 19.2 Å². The molecule has 0 atom stereocenters. The van der Waals surface area contributed by atoms with E-state index >= 15 is 0 Å². The molecular weight excluding hydrogens is 250 g/mol. The monoisotopic (exact) mass is 263 g/mol. The molecule has 1 aromatic carbocycles. The zero-order chi connectivity index (χ0) is 12.2. The summed E-state index contributed by atoms with van der Waals surface area (Å²) in [6.45, 7) is 0. The maximum Gasteiger partial charge on any atom is 0.212 e. The summed E-state index contributed by atoms with van der Waals surface area (Å²) in [7, 11) is -5.76. The highest BCUT2D eigenvalue weighted by atomic mass is 32.2. The molecule has 0 saturated carbocycles. The average molecular weight is 263 g/mol. The number of hydrogen-bond acceptors (Lipinski definition) is 4. The summed E-state index contributed by atoms with van der Waals surface area (Å²) in [6, 6.07) is 7.78. The van der Waals surface area contributed by atoms with Crippen LogP contribution in [0.5, 0.6) is 0 Å². The molecule has 1 N–H and O–H groups in total. The van der Waals surface area contributed by atoms with E-state index in [2.05, 4.69) is 4.72 Å². The van der Waals surface area contributed by atoms with Crippen molar-refractivity contribution in [1.29, 1.82) is 0 Å². The van der Waals surface area contributed by atoms with Gasteiger partial charge in [-0.2, -0.15) is 0 Å². The fraction of sp³-hybridized carbons (Fsp3) is 0.333. The zero-order valence-electron chi connectivity index (χ0n) is 8.75. The van der Waals surface area contributed by atoms with Crippen molar-refractivity contribution < 1.29 is 16.8 Å². The van der Waals surface area contributed by atoms with Crippen molar-refractivity contribution in [2.24, 2.45) is 0 Å². The Morgan fingerprint density at radius 1 is 1.00 bits per heavy atom. The van der Waals surface area contributed by atoms with E-state index in [0.29, 0.717) is 0 Å². The molecule has 0 fully saturated rings. The molecule has 0 amide bonds. The van der Waals surface area contributed by atoms with Crippen molar-refractivity contribution in [2.75, 3.05) is 18.6 Å². The molecule has 0 unspecified atom stereocenters. The Labute approximate surface area is 95.5 Å². The molecule has 16 heavy (non-hydrogen) atoms. The lowest BCUT2D eigenvalue weighted by atomic mass is 10.4. The minimum Gasteiger partial charge on any atom is -0.224 e. The van der Waals surface area contributed by atoms with Crippen molar-refractivity contribution >= 4 is 19.9 Å².